The van der Waals surface area contributed by atoms with Crippen LogP contribution in [0, 0.1) is 5.92 Å². The highest BCUT2D eigenvalue weighted by Gasteiger charge is 2.32. The molecule has 5 atom stereocenters. The van der Waals surface area contributed by atoms with Crippen LogP contribution in [0.5, 0.6) is 5.75 Å². The van der Waals surface area contributed by atoms with Gasteiger partial charge >= 0.3 is 5.97 Å². The Kier molecular flexibility index (Phi) is 15.5. The van der Waals surface area contributed by atoms with Crippen LogP contribution in [0.3, 0.4) is 0 Å². The number of nitrogens with two attached hydrogens (primary N) is 3. The van der Waals surface area contributed by atoms with Gasteiger partial charge in [-0.2, -0.15) is 11.8 Å². The third-order valence-corrected chi connectivity index (χ3v) is 6.98. The molecule has 0 saturated carbocycles. The van der Waals surface area contributed by atoms with E-state index >= 15 is 0 Å². The highest BCUT2D eigenvalue weighted by atomic mass is 32.2. The third kappa shape index (κ3) is 12.6. The Hall–Kier alpha value is -3.52. The summed E-state index contributed by atoms with van der Waals surface area (Å²) in [6, 6.07) is 1.79. The van der Waals surface area contributed by atoms with Crippen LogP contribution in [0.2, 0.25) is 0 Å². The SMILES string of the molecule is CCC(C)C(NC(=O)C(CCCN=C(N)N)NC(=O)C(N)CCSC)C(=O)NC(Cc1ccc(O)cc1)C(=O)O. The van der Waals surface area contributed by atoms with Gasteiger partial charge in [-0.05, 0) is 54.9 Å². The molecule has 0 fully saturated rings. The van der Waals surface area contributed by atoms with Gasteiger partial charge in [-0.25, -0.2) is 4.79 Å². The molecule has 40 heavy (non-hydrogen) atoms. The van der Waals surface area contributed by atoms with Gasteiger partial charge < -0.3 is 43.4 Å². The third-order valence-electron chi connectivity index (χ3n) is 6.33. The predicted octanol–water partition coefficient (Wildman–Crippen LogP) is -0.346. The summed E-state index contributed by atoms with van der Waals surface area (Å²) in [5.41, 5.74) is 17.3. The molecule has 0 aliphatic carbocycles. The largest absolute Gasteiger partial charge is 0.508 e. The van der Waals surface area contributed by atoms with Gasteiger partial charge in [0.25, 0.3) is 0 Å². The second kappa shape index (κ2) is 17.9. The van der Waals surface area contributed by atoms with E-state index in [0.29, 0.717) is 30.6 Å². The summed E-state index contributed by atoms with van der Waals surface area (Å²) in [5.74, 6) is -2.78. The fourth-order valence-corrected chi connectivity index (χ4v) is 4.20. The number of amides is 3. The molecule has 224 valence electrons. The minimum Gasteiger partial charge on any atom is -0.508 e. The van der Waals surface area contributed by atoms with E-state index in [1.54, 1.807) is 30.8 Å². The summed E-state index contributed by atoms with van der Waals surface area (Å²) in [6.07, 6.45) is 3.34. The van der Waals surface area contributed by atoms with Crippen molar-refractivity contribution in [2.75, 3.05) is 18.6 Å². The first-order valence-corrected chi connectivity index (χ1v) is 14.5. The number of thioether (sulfide) groups is 1. The maximum Gasteiger partial charge on any atom is 0.326 e. The molecule has 0 saturated heterocycles. The lowest BCUT2D eigenvalue weighted by molar-refractivity contribution is -0.142. The second-order valence-electron chi connectivity index (χ2n) is 9.54. The van der Waals surface area contributed by atoms with Crippen molar-refractivity contribution in [1.29, 1.82) is 0 Å². The van der Waals surface area contributed by atoms with Gasteiger partial charge in [-0.3, -0.25) is 19.4 Å². The van der Waals surface area contributed by atoms with Crippen molar-refractivity contribution in [2.24, 2.45) is 28.1 Å². The number of nitrogens with one attached hydrogen (secondary N) is 3. The summed E-state index contributed by atoms with van der Waals surface area (Å²) in [6.45, 7) is 3.82. The number of guanidine groups is 1. The van der Waals surface area contributed by atoms with Crippen molar-refractivity contribution in [3.63, 3.8) is 0 Å². The maximum atomic E-state index is 13.3. The number of carboxylic acid groups (broad SMARTS) is 1. The molecule has 0 aliphatic heterocycles. The Morgan fingerprint density at radius 1 is 0.975 bits per heavy atom. The van der Waals surface area contributed by atoms with Crippen LogP contribution in [0.15, 0.2) is 29.3 Å². The lowest BCUT2D eigenvalue weighted by atomic mass is 9.96. The summed E-state index contributed by atoms with van der Waals surface area (Å²) in [5, 5.41) is 27.1. The fourth-order valence-electron chi connectivity index (χ4n) is 3.71. The molecule has 0 aliphatic rings. The second-order valence-corrected chi connectivity index (χ2v) is 10.5. The number of aliphatic carboxylic acids is 1. The van der Waals surface area contributed by atoms with Crippen LogP contribution in [-0.4, -0.2) is 82.6 Å². The number of hydrogen-bond donors (Lipinski definition) is 8. The molecular weight excluding hydrogens is 538 g/mol. The highest BCUT2D eigenvalue weighted by Crippen LogP contribution is 2.14. The van der Waals surface area contributed by atoms with Crippen LogP contribution in [-0.2, 0) is 25.6 Å². The minimum absolute atomic E-state index is 0.0278. The molecule has 13 nitrogen and oxygen atoms in total. The van der Waals surface area contributed by atoms with Gasteiger partial charge in [0, 0.05) is 13.0 Å². The van der Waals surface area contributed by atoms with Crippen LogP contribution in [0.1, 0.15) is 45.1 Å². The topological polar surface area (TPSA) is 235 Å². The van der Waals surface area contributed by atoms with Crippen LogP contribution in [0.25, 0.3) is 0 Å². The van der Waals surface area contributed by atoms with E-state index in [2.05, 4.69) is 20.9 Å². The smallest absolute Gasteiger partial charge is 0.326 e. The van der Waals surface area contributed by atoms with E-state index < -0.39 is 47.9 Å². The molecule has 0 radical (unpaired) electrons. The molecule has 1 aromatic rings. The lowest BCUT2D eigenvalue weighted by Gasteiger charge is -2.28. The Balaban J connectivity index is 3.06. The summed E-state index contributed by atoms with van der Waals surface area (Å²) in [4.78, 5) is 55.1. The van der Waals surface area contributed by atoms with Crippen molar-refractivity contribution >= 4 is 41.4 Å². The fraction of sp³-hybridized carbons (Fsp3) is 0.577. The molecule has 0 spiro atoms. The number of phenolic OH excluding ortho intramolecular Hbond substituents is 1. The van der Waals surface area contributed by atoms with Gasteiger partial charge in [-0.1, -0.05) is 32.4 Å². The zero-order valence-corrected chi connectivity index (χ0v) is 24.1. The number of carbonyl (C=O) groups excluding carboxylic acids is 3. The predicted molar refractivity (Wildman–Crippen MR) is 156 cm³/mol. The van der Waals surface area contributed by atoms with E-state index in [1.165, 1.54) is 12.1 Å². The zero-order chi connectivity index (χ0) is 30.2. The molecule has 1 rings (SSSR count). The Morgan fingerprint density at radius 2 is 1.60 bits per heavy atom. The first kappa shape index (κ1) is 34.5. The highest BCUT2D eigenvalue weighted by molar-refractivity contribution is 7.98. The summed E-state index contributed by atoms with van der Waals surface area (Å²) in [7, 11) is 0. The first-order chi connectivity index (χ1) is 18.9. The molecule has 3 amide bonds. The Bertz CT molecular complexity index is 1000. The standard InChI is InChI=1S/C26H43N7O6S/c1-4-15(2)21(24(37)32-20(25(38)39)14-16-7-9-17(34)10-8-16)33-23(36)19(6-5-12-30-26(28)29)31-22(35)18(27)11-13-40-3/h7-10,15,18-21,34H,4-6,11-14,27H2,1-3H3,(H,31,35)(H,32,37)(H,33,36)(H,38,39)(H4,28,29,30). The molecule has 11 N–H and O–H groups in total. The molecule has 0 bridgehead atoms. The Labute approximate surface area is 239 Å². The number of carboxylic acids is 1. The van der Waals surface area contributed by atoms with E-state index in [9.17, 15) is 29.4 Å². The molecular formula is C26H43N7O6S. The number of hydrogen-bond acceptors (Lipinski definition) is 8. The van der Waals surface area contributed by atoms with Crippen LogP contribution >= 0.6 is 11.8 Å². The molecule has 5 unspecified atom stereocenters. The normalized spacial score (nSPS) is 14.6. The van der Waals surface area contributed by atoms with Gasteiger partial charge in [0.1, 0.15) is 23.9 Å². The number of aromatic hydroxyl groups is 1. The van der Waals surface area contributed by atoms with E-state index in [1.807, 2.05) is 13.2 Å². The van der Waals surface area contributed by atoms with Gasteiger partial charge in [0.15, 0.2) is 5.96 Å². The minimum atomic E-state index is -1.27. The number of aliphatic imine (C=N–C) groups is 1. The van der Waals surface area contributed by atoms with Crippen molar-refractivity contribution in [3.05, 3.63) is 29.8 Å². The first-order valence-electron chi connectivity index (χ1n) is 13.1. The van der Waals surface area contributed by atoms with Gasteiger partial charge in [-0.15, -0.1) is 0 Å². The van der Waals surface area contributed by atoms with E-state index in [-0.39, 0.29) is 37.0 Å². The van der Waals surface area contributed by atoms with E-state index in [0.717, 1.165) is 0 Å². The lowest BCUT2D eigenvalue weighted by Crippen LogP contribution is -2.58. The number of nitrogens with zero attached hydrogens (tertiary/aromatic N) is 1. The average molecular weight is 582 g/mol. The maximum absolute atomic E-state index is 13.3. The molecule has 0 heterocycles. The van der Waals surface area contributed by atoms with Gasteiger partial charge in [0.2, 0.25) is 17.7 Å². The zero-order valence-electron chi connectivity index (χ0n) is 23.3. The van der Waals surface area contributed by atoms with Crippen molar-refractivity contribution in [1.82, 2.24) is 16.0 Å². The van der Waals surface area contributed by atoms with Crippen molar-refractivity contribution in [3.8, 4) is 5.75 Å². The molecule has 0 aromatic heterocycles. The summed E-state index contributed by atoms with van der Waals surface area (Å²) >= 11 is 1.54. The molecule has 1 aromatic carbocycles. The number of carbonyl (C=O) groups is 4. The quantitative estimate of drug-likeness (QED) is 0.0637. The van der Waals surface area contributed by atoms with E-state index in [4.69, 9.17) is 17.2 Å². The summed E-state index contributed by atoms with van der Waals surface area (Å²) < 4.78 is 0. The monoisotopic (exact) mass is 581 g/mol. The number of phenols is 1. The molecule has 14 heteroatoms. The number of benzene rings is 1. The van der Waals surface area contributed by atoms with Crippen LogP contribution in [0.4, 0.5) is 0 Å². The average Bonchev–Trinajstić information content (AvgIpc) is 2.91. The number of rotatable bonds is 18. The van der Waals surface area contributed by atoms with Crippen molar-refractivity contribution in [2.45, 2.75) is 70.1 Å². The Morgan fingerprint density at radius 3 is 2.15 bits per heavy atom. The van der Waals surface area contributed by atoms with Crippen LogP contribution < -0.4 is 33.2 Å². The van der Waals surface area contributed by atoms with Crippen molar-refractivity contribution < 1.29 is 29.4 Å². The van der Waals surface area contributed by atoms with Gasteiger partial charge in [0.05, 0.1) is 6.04 Å².